The predicted molar refractivity (Wildman–Crippen MR) is 75.3 cm³/mol. The molecule has 20 heavy (non-hydrogen) atoms. The first-order valence-electron chi connectivity index (χ1n) is 7.56. The number of furan rings is 1. The van der Waals surface area contributed by atoms with Gasteiger partial charge in [0.2, 0.25) is 0 Å². The summed E-state index contributed by atoms with van der Waals surface area (Å²) in [4.78, 5) is 12.2. The topological polar surface area (TPSA) is 51.5 Å². The Morgan fingerprint density at radius 3 is 2.95 bits per heavy atom. The molecule has 1 heterocycles. The highest BCUT2D eigenvalue weighted by Gasteiger charge is 2.42. The van der Waals surface area contributed by atoms with Gasteiger partial charge >= 0.3 is 0 Å². The third-order valence-corrected chi connectivity index (χ3v) is 4.97. The van der Waals surface area contributed by atoms with E-state index >= 15 is 0 Å². The molecular formula is C16H23NO3. The van der Waals surface area contributed by atoms with Crippen LogP contribution >= 0.6 is 0 Å². The lowest BCUT2D eigenvalue weighted by Crippen LogP contribution is -2.40. The highest BCUT2D eigenvalue weighted by Crippen LogP contribution is 2.49. The summed E-state index contributed by atoms with van der Waals surface area (Å²) in [6.45, 7) is 2.53. The largest absolute Gasteiger partial charge is 0.453 e. The van der Waals surface area contributed by atoms with Crippen molar-refractivity contribution in [3.05, 3.63) is 23.7 Å². The van der Waals surface area contributed by atoms with Crippen LogP contribution in [0.5, 0.6) is 0 Å². The van der Waals surface area contributed by atoms with Crippen LogP contribution in [0.25, 0.3) is 0 Å². The van der Waals surface area contributed by atoms with Crippen molar-refractivity contribution in [2.45, 2.75) is 45.3 Å². The van der Waals surface area contributed by atoms with E-state index in [9.17, 15) is 4.79 Å². The molecule has 0 saturated heterocycles. The number of fused-ring (bicyclic) bond motifs is 2. The molecule has 4 unspecified atom stereocenters. The Morgan fingerprint density at radius 2 is 2.30 bits per heavy atom. The molecule has 2 fully saturated rings. The fourth-order valence-electron chi connectivity index (χ4n) is 4.01. The van der Waals surface area contributed by atoms with Crippen molar-refractivity contribution in [2.75, 3.05) is 7.11 Å². The Labute approximate surface area is 119 Å². The van der Waals surface area contributed by atoms with E-state index in [2.05, 4.69) is 12.2 Å². The zero-order valence-electron chi connectivity index (χ0n) is 12.2. The number of ether oxygens (including phenoxy) is 1. The number of methoxy groups -OCH3 is 1. The zero-order chi connectivity index (χ0) is 14.1. The average Bonchev–Trinajstić information content (AvgIpc) is 3.14. The lowest BCUT2D eigenvalue weighted by Gasteiger charge is -2.28. The number of carbonyl (C=O) groups is 1. The molecule has 110 valence electrons. The van der Waals surface area contributed by atoms with Crippen molar-refractivity contribution in [3.63, 3.8) is 0 Å². The van der Waals surface area contributed by atoms with Crippen LogP contribution in [0.4, 0.5) is 0 Å². The SMILES string of the molecule is COCc1ccc(C(=O)NC(C)C2CC3CCC2C3)o1. The predicted octanol–water partition coefficient (Wildman–Crippen LogP) is 2.98. The number of amides is 1. The third-order valence-electron chi connectivity index (χ3n) is 4.97. The molecule has 1 N–H and O–H groups in total. The molecule has 3 rings (SSSR count). The molecule has 1 aromatic heterocycles. The fraction of sp³-hybridized carbons (Fsp3) is 0.688. The van der Waals surface area contributed by atoms with Crippen molar-refractivity contribution < 1.29 is 13.9 Å². The second-order valence-electron chi connectivity index (χ2n) is 6.30. The molecule has 1 amide bonds. The van der Waals surface area contributed by atoms with Crippen molar-refractivity contribution in [1.82, 2.24) is 5.32 Å². The number of carbonyl (C=O) groups excluding carboxylic acids is 1. The quantitative estimate of drug-likeness (QED) is 0.900. The molecule has 1 aromatic rings. The number of rotatable bonds is 5. The summed E-state index contributed by atoms with van der Waals surface area (Å²) in [7, 11) is 1.61. The van der Waals surface area contributed by atoms with E-state index < -0.39 is 0 Å². The van der Waals surface area contributed by atoms with Crippen molar-refractivity contribution >= 4 is 5.91 Å². The summed E-state index contributed by atoms with van der Waals surface area (Å²) in [5.74, 6) is 3.32. The Bertz CT molecular complexity index is 482. The monoisotopic (exact) mass is 277 g/mol. The fourth-order valence-corrected chi connectivity index (χ4v) is 4.01. The molecule has 4 nitrogen and oxygen atoms in total. The second-order valence-corrected chi connectivity index (χ2v) is 6.30. The van der Waals surface area contributed by atoms with E-state index in [1.54, 1.807) is 19.2 Å². The maximum absolute atomic E-state index is 12.2. The van der Waals surface area contributed by atoms with E-state index in [1.165, 1.54) is 25.7 Å². The first kappa shape index (κ1) is 13.7. The Morgan fingerprint density at radius 1 is 1.45 bits per heavy atom. The van der Waals surface area contributed by atoms with Crippen LogP contribution in [-0.2, 0) is 11.3 Å². The maximum Gasteiger partial charge on any atom is 0.287 e. The standard InChI is InChI=1S/C16H23NO3/c1-10(14-8-11-3-4-12(14)7-11)17-16(18)15-6-5-13(20-15)9-19-2/h5-6,10-12,14H,3-4,7-9H2,1-2H3,(H,17,18). The lowest BCUT2D eigenvalue weighted by atomic mass is 9.84. The molecule has 2 aliphatic rings. The summed E-state index contributed by atoms with van der Waals surface area (Å²) >= 11 is 0. The Hall–Kier alpha value is -1.29. The molecule has 0 radical (unpaired) electrons. The Kier molecular flexibility index (Phi) is 3.83. The van der Waals surface area contributed by atoms with Gasteiger partial charge in [-0.2, -0.15) is 0 Å². The normalized spacial score (nSPS) is 29.6. The van der Waals surface area contributed by atoms with Gasteiger partial charge in [-0.1, -0.05) is 6.42 Å². The summed E-state index contributed by atoms with van der Waals surface area (Å²) in [5.41, 5.74) is 0. The van der Waals surface area contributed by atoms with Crippen LogP contribution in [0, 0.1) is 17.8 Å². The maximum atomic E-state index is 12.2. The van der Waals surface area contributed by atoms with Crippen molar-refractivity contribution in [1.29, 1.82) is 0 Å². The van der Waals surface area contributed by atoms with Gasteiger partial charge in [0.05, 0.1) is 0 Å². The van der Waals surface area contributed by atoms with E-state index in [0.29, 0.717) is 24.0 Å². The van der Waals surface area contributed by atoms with Gasteiger partial charge in [0.25, 0.3) is 5.91 Å². The number of hydrogen-bond acceptors (Lipinski definition) is 3. The van der Waals surface area contributed by atoms with Crippen LogP contribution in [0.15, 0.2) is 16.5 Å². The van der Waals surface area contributed by atoms with Crippen LogP contribution in [-0.4, -0.2) is 19.1 Å². The summed E-state index contributed by atoms with van der Waals surface area (Å²) in [5, 5.41) is 3.10. The first-order chi connectivity index (χ1) is 9.67. The highest BCUT2D eigenvalue weighted by atomic mass is 16.5. The first-order valence-corrected chi connectivity index (χ1v) is 7.56. The molecule has 4 heteroatoms. The van der Waals surface area contributed by atoms with Gasteiger partial charge in [0, 0.05) is 13.2 Å². The molecule has 0 spiro atoms. The van der Waals surface area contributed by atoms with Gasteiger partial charge in [-0.25, -0.2) is 0 Å². The summed E-state index contributed by atoms with van der Waals surface area (Å²) in [6, 6.07) is 3.74. The number of hydrogen-bond donors (Lipinski definition) is 1. The van der Waals surface area contributed by atoms with E-state index in [-0.39, 0.29) is 11.9 Å². The third kappa shape index (κ3) is 2.62. The van der Waals surface area contributed by atoms with Crippen LogP contribution in [0.3, 0.4) is 0 Å². The molecule has 0 aliphatic heterocycles. The van der Waals surface area contributed by atoms with Crippen molar-refractivity contribution in [2.24, 2.45) is 17.8 Å². The highest BCUT2D eigenvalue weighted by molar-refractivity contribution is 5.91. The van der Waals surface area contributed by atoms with Crippen molar-refractivity contribution in [3.8, 4) is 0 Å². The molecule has 2 saturated carbocycles. The molecular weight excluding hydrogens is 254 g/mol. The minimum Gasteiger partial charge on any atom is -0.453 e. The summed E-state index contributed by atoms with van der Waals surface area (Å²) in [6.07, 6.45) is 5.37. The number of nitrogens with one attached hydrogen (secondary N) is 1. The van der Waals surface area contributed by atoms with E-state index in [1.807, 2.05) is 0 Å². The minimum absolute atomic E-state index is 0.109. The second kappa shape index (κ2) is 5.60. The van der Waals surface area contributed by atoms with Gasteiger partial charge in [-0.05, 0) is 56.1 Å². The molecule has 4 atom stereocenters. The minimum atomic E-state index is -0.109. The lowest BCUT2D eigenvalue weighted by molar-refractivity contribution is 0.0878. The molecule has 0 aromatic carbocycles. The van der Waals surface area contributed by atoms with E-state index in [4.69, 9.17) is 9.15 Å². The van der Waals surface area contributed by atoms with Crippen LogP contribution < -0.4 is 5.32 Å². The van der Waals surface area contributed by atoms with Gasteiger partial charge in [-0.3, -0.25) is 4.79 Å². The smallest absolute Gasteiger partial charge is 0.287 e. The summed E-state index contributed by atoms with van der Waals surface area (Å²) < 4.78 is 10.5. The van der Waals surface area contributed by atoms with Gasteiger partial charge < -0.3 is 14.5 Å². The van der Waals surface area contributed by atoms with Crippen LogP contribution in [0.2, 0.25) is 0 Å². The molecule has 2 bridgehead atoms. The average molecular weight is 277 g/mol. The van der Waals surface area contributed by atoms with E-state index in [0.717, 1.165) is 11.8 Å². The zero-order valence-corrected chi connectivity index (χ0v) is 12.2. The van der Waals surface area contributed by atoms with Crippen LogP contribution in [0.1, 0.15) is 48.9 Å². The van der Waals surface area contributed by atoms with Gasteiger partial charge in [0.15, 0.2) is 5.76 Å². The molecule has 2 aliphatic carbocycles. The van der Waals surface area contributed by atoms with Gasteiger partial charge in [-0.15, -0.1) is 0 Å². The Balaban J connectivity index is 1.57. The van der Waals surface area contributed by atoms with Gasteiger partial charge in [0.1, 0.15) is 12.4 Å².